The third kappa shape index (κ3) is 2.71. The minimum Gasteiger partial charge on any atom is -0.388 e. The summed E-state index contributed by atoms with van der Waals surface area (Å²) in [7, 11) is 0. The van der Waals surface area contributed by atoms with Gasteiger partial charge in [0.25, 0.3) is 0 Å². The highest BCUT2D eigenvalue weighted by Gasteiger charge is 2.46. The predicted octanol–water partition coefficient (Wildman–Crippen LogP) is 3.63. The van der Waals surface area contributed by atoms with Crippen LogP contribution in [-0.2, 0) is 6.42 Å². The minimum atomic E-state index is -0.599. The Bertz CT molecular complexity index is 481. The van der Waals surface area contributed by atoms with Crippen molar-refractivity contribution in [3.8, 4) is 0 Å². The van der Waals surface area contributed by atoms with E-state index in [0.717, 1.165) is 41.0 Å². The SMILES string of the molecule is OC1(Cc2ccc(Br)cc2Cl)CCN2CCCCC21. The van der Waals surface area contributed by atoms with Crippen LogP contribution in [0.5, 0.6) is 0 Å². The molecule has 2 atom stereocenters. The molecule has 2 fully saturated rings. The number of piperidine rings is 1. The molecule has 1 N–H and O–H groups in total. The Labute approximate surface area is 127 Å². The number of halogens is 2. The summed E-state index contributed by atoms with van der Waals surface area (Å²) < 4.78 is 0.985. The van der Waals surface area contributed by atoms with Crippen molar-refractivity contribution in [2.45, 2.75) is 43.7 Å². The van der Waals surface area contributed by atoms with E-state index in [1.807, 2.05) is 18.2 Å². The van der Waals surface area contributed by atoms with Crippen molar-refractivity contribution in [2.24, 2.45) is 0 Å². The highest BCUT2D eigenvalue weighted by atomic mass is 79.9. The number of hydrogen-bond acceptors (Lipinski definition) is 2. The third-order valence-electron chi connectivity index (χ3n) is 4.58. The van der Waals surface area contributed by atoms with Crippen LogP contribution in [0.3, 0.4) is 0 Å². The number of benzene rings is 1. The van der Waals surface area contributed by atoms with Gasteiger partial charge in [-0.15, -0.1) is 0 Å². The van der Waals surface area contributed by atoms with E-state index in [1.165, 1.54) is 12.8 Å². The summed E-state index contributed by atoms with van der Waals surface area (Å²) in [5.74, 6) is 0. The van der Waals surface area contributed by atoms with Crippen LogP contribution in [0.15, 0.2) is 22.7 Å². The highest BCUT2D eigenvalue weighted by Crippen LogP contribution is 2.38. The molecule has 19 heavy (non-hydrogen) atoms. The first kappa shape index (κ1) is 13.9. The fourth-order valence-electron chi connectivity index (χ4n) is 3.57. The molecule has 2 aliphatic rings. The fourth-order valence-corrected chi connectivity index (χ4v) is 4.31. The molecule has 0 radical (unpaired) electrons. The van der Waals surface area contributed by atoms with Gasteiger partial charge in [0.1, 0.15) is 0 Å². The van der Waals surface area contributed by atoms with E-state index in [-0.39, 0.29) is 0 Å². The lowest BCUT2D eigenvalue weighted by molar-refractivity contribution is -0.00884. The Morgan fingerprint density at radius 3 is 3.00 bits per heavy atom. The average Bonchev–Trinajstić information content (AvgIpc) is 2.72. The van der Waals surface area contributed by atoms with Crippen molar-refractivity contribution in [3.63, 3.8) is 0 Å². The maximum Gasteiger partial charge on any atom is 0.0854 e. The van der Waals surface area contributed by atoms with Gasteiger partial charge in [0.15, 0.2) is 0 Å². The highest BCUT2D eigenvalue weighted by molar-refractivity contribution is 9.10. The lowest BCUT2D eigenvalue weighted by atomic mass is 9.84. The van der Waals surface area contributed by atoms with Crippen molar-refractivity contribution < 1.29 is 5.11 Å². The van der Waals surface area contributed by atoms with Gasteiger partial charge in [-0.05, 0) is 43.5 Å². The van der Waals surface area contributed by atoms with E-state index in [9.17, 15) is 5.11 Å². The second kappa shape index (κ2) is 5.36. The molecule has 0 aliphatic carbocycles. The molecule has 2 heterocycles. The predicted molar refractivity (Wildman–Crippen MR) is 81.6 cm³/mol. The first-order valence-electron chi connectivity index (χ1n) is 6.99. The largest absolute Gasteiger partial charge is 0.388 e. The Kier molecular flexibility index (Phi) is 3.91. The molecule has 104 valence electrons. The Morgan fingerprint density at radius 2 is 2.21 bits per heavy atom. The van der Waals surface area contributed by atoms with E-state index in [2.05, 4.69) is 20.8 Å². The van der Waals surface area contributed by atoms with Crippen molar-refractivity contribution in [3.05, 3.63) is 33.3 Å². The van der Waals surface area contributed by atoms with Gasteiger partial charge in [0, 0.05) is 28.5 Å². The Morgan fingerprint density at radius 1 is 1.37 bits per heavy atom. The first-order chi connectivity index (χ1) is 9.08. The molecule has 2 aliphatic heterocycles. The van der Waals surface area contributed by atoms with Gasteiger partial charge >= 0.3 is 0 Å². The zero-order chi connectivity index (χ0) is 13.5. The summed E-state index contributed by atoms with van der Waals surface area (Å²) in [6, 6.07) is 6.25. The molecule has 0 saturated carbocycles. The standard InChI is InChI=1S/C15H19BrClNO/c16-12-5-4-11(13(17)9-12)10-15(19)6-8-18-7-2-1-3-14(15)18/h4-5,9,14,19H,1-3,6-8,10H2. The van der Waals surface area contributed by atoms with Crippen LogP contribution in [0.1, 0.15) is 31.2 Å². The second-order valence-corrected chi connectivity index (χ2v) is 7.14. The van der Waals surface area contributed by atoms with Crippen LogP contribution < -0.4 is 0 Å². The number of aliphatic hydroxyl groups is 1. The number of hydrogen-bond donors (Lipinski definition) is 1. The quantitative estimate of drug-likeness (QED) is 0.885. The number of rotatable bonds is 2. The maximum atomic E-state index is 11.0. The zero-order valence-electron chi connectivity index (χ0n) is 10.9. The summed E-state index contributed by atoms with van der Waals surface area (Å²) in [5.41, 5.74) is 0.456. The Balaban J connectivity index is 1.81. The zero-order valence-corrected chi connectivity index (χ0v) is 13.3. The van der Waals surface area contributed by atoms with Crippen LogP contribution in [0.2, 0.25) is 5.02 Å². The lowest BCUT2D eigenvalue weighted by Crippen LogP contribution is -2.48. The van der Waals surface area contributed by atoms with E-state index in [4.69, 9.17) is 11.6 Å². The van der Waals surface area contributed by atoms with Gasteiger partial charge in [0.2, 0.25) is 0 Å². The molecule has 2 saturated heterocycles. The number of nitrogens with zero attached hydrogens (tertiary/aromatic N) is 1. The average molecular weight is 345 g/mol. The van der Waals surface area contributed by atoms with Crippen LogP contribution in [0.25, 0.3) is 0 Å². The van der Waals surface area contributed by atoms with E-state index in [0.29, 0.717) is 12.5 Å². The summed E-state index contributed by atoms with van der Waals surface area (Å²) in [4.78, 5) is 2.45. The summed E-state index contributed by atoms with van der Waals surface area (Å²) in [6.45, 7) is 2.16. The molecule has 4 heteroatoms. The molecule has 2 nitrogen and oxygen atoms in total. The van der Waals surface area contributed by atoms with Crippen molar-refractivity contribution in [1.82, 2.24) is 4.90 Å². The van der Waals surface area contributed by atoms with Gasteiger partial charge in [-0.3, -0.25) is 4.90 Å². The molecule has 0 spiro atoms. The topological polar surface area (TPSA) is 23.5 Å². The van der Waals surface area contributed by atoms with Crippen molar-refractivity contribution in [1.29, 1.82) is 0 Å². The van der Waals surface area contributed by atoms with E-state index < -0.39 is 5.60 Å². The van der Waals surface area contributed by atoms with Crippen LogP contribution in [-0.4, -0.2) is 34.7 Å². The smallest absolute Gasteiger partial charge is 0.0854 e. The molecule has 3 rings (SSSR count). The van der Waals surface area contributed by atoms with Gasteiger partial charge in [-0.1, -0.05) is 40.0 Å². The van der Waals surface area contributed by atoms with Gasteiger partial charge in [0.05, 0.1) is 5.60 Å². The summed E-state index contributed by atoms with van der Waals surface area (Å²) in [6.07, 6.45) is 5.15. The monoisotopic (exact) mass is 343 g/mol. The van der Waals surface area contributed by atoms with E-state index in [1.54, 1.807) is 0 Å². The molecular formula is C15H19BrClNO. The molecular weight excluding hydrogens is 326 g/mol. The van der Waals surface area contributed by atoms with Gasteiger partial charge in [-0.2, -0.15) is 0 Å². The first-order valence-corrected chi connectivity index (χ1v) is 8.16. The van der Waals surface area contributed by atoms with Crippen molar-refractivity contribution in [2.75, 3.05) is 13.1 Å². The third-order valence-corrected chi connectivity index (χ3v) is 5.42. The van der Waals surface area contributed by atoms with Crippen LogP contribution in [0, 0.1) is 0 Å². The molecule has 2 unspecified atom stereocenters. The number of fused-ring (bicyclic) bond motifs is 1. The maximum absolute atomic E-state index is 11.0. The molecule has 1 aromatic rings. The van der Waals surface area contributed by atoms with Crippen molar-refractivity contribution >= 4 is 27.5 Å². The van der Waals surface area contributed by atoms with Gasteiger partial charge < -0.3 is 5.11 Å². The van der Waals surface area contributed by atoms with Crippen LogP contribution >= 0.6 is 27.5 Å². The normalized spacial score (nSPS) is 31.4. The van der Waals surface area contributed by atoms with Gasteiger partial charge in [-0.25, -0.2) is 0 Å². The van der Waals surface area contributed by atoms with Crippen LogP contribution in [0.4, 0.5) is 0 Å². The molecule has 0 amide bonds. The summed E-state index contributed by atoms with van der Waals surface area (Å²) >= 11 is 9.71. The lowest BCUT2D eigenvalue weighted by Gasteiger charge is -2.37. The second-order valence-electron chi connectivity index (χ2n) is 5.81. The van der Waals surface area contributed by atoms with E-state index >= 15 is 0 Å². The molecule has 0 aromatic heterocycles. The fraction of sp³-hybridized carbons (Fsp3) is 0.600. The minimum absolute atomic E-state index is 0.320. The Hall–Kier alpha value is -0.0900. The molecule has 1 aromatic carbocycles. The summed E-state index contributed by atoms with van der Waals surface area (Å²) in [5, 5.41) is 11.8. The molecule has 0 bridgehead atoms.